The Morgan fingerprint density at radius 3 is 1.58 bits per heavy atom. The predicted molar refractivity (Wildman–Crippen MR) is 86.7 cm³/mol. The van der Waals surface area contributed by atoms with Crippen LogP contribution in [0.2, 0.25) is 30.1 Å². The molecule has 2 aromatic rings. The van der Waals surface area contributed by atoms with Gasteiger partial charge in [-0.3, -0.25) is 0 Å². The third-order valence-corrected chi connectivity index (χ3v) is 5.04. The van der Waals surface area contributed by atoms with E-state index in [0.717, 1.165) is 11.1 Å². The van der Waals surface area contributed by atoms with Crippen LogP contribution in [0.3, 0.4) is 0 Å². The summed E-state index contributed by atoms with van der Waals surface area (Å²) in [6.45, 7) is 1.91. The molecule has 0 amide bonds. The highest BCUT2D eigenvalue weighted by molar-refractivity contribution is 6.56. The number of halogens is 6. The molecule has 2 rings (SSSR count). The molecule has 100 valence electrons. The molecule has 0 unspecified atom stereocenters. The third-order valence-electron chi connectivity index (χ3n) is 2.54. The van der Waals surface area contributed by atoms with Crippen molar-refractivity contribution in [2.45, 2.75) is 6.92 Å². The second-order valence-electron chi connectivity index (χ2n) is 3.96. The summed E-state index contributed by atoms with van der Waals surface area (Å²) >= 11 is 36.5. The SMILES string of the molecule is Cc1cc(Cl)cc(-c2c(Cl)c(Cl)c(Cl)c(Cl)c2Cl)c1. The van der Waals surface area contributed by atoms with Gasteiger partial charge in [-0.15, -0.1) is 0 Å². The minimum Gasteiger partial charge on any atom is -0.0843 e. The Hall–Kier alpha value is 0.180. The summed E-state index contributed by atoms with van der Waals surface area (Å²) in [7, 11) is 0. The zero-order valence-corrected chi connectivity index (χ0v) is 14.0. The van der Waals surface area contributed by atoms with Gasteiger partial charge in [0, 0.05) is 10.6 Å². The van der Waals surface area contributed by atoms with E-state index >= 15 is 0 Å². The maximum atomic E-state index is 6.21. The summed E-state index contributed by atoms with van der Waals surface area (Å²) in [6, 6.07) is 5.45. The molecule has 2 aromatic carbocycles. The van der Waals surface area contributed by atoms with Gasteiger partial charge in [0.15, 0.2) is 0 Å². The van der Waals surface area contributed by atoms with Gasteiger partial charge in [-0.1, -0.05) is 75.7 Å². The predicted octanol–water partition coefficient (Wildman–Crippen LogP) is 7.58. The lowest BCUT2D eigenvalue weighted by Gasteiger charge is -2.13. The lowest BCUT2D eigenvalue weighted by Crippen LogP contribution is -1.88. The average molecular weight is 375 g/mol. The molecule has 0 nitrogen and oxygen atoms in total. The molecule has 0 aliphatic rings. The Bertz CT molecular complexity index is 613. The van der Waals surface area contributed by atoms with Crippen LogP contribution in [0.4, 0.5) is 0 Å². The van der Waals surface area contributed by atoms with Crippen LogP contribution in [0.5, 0.6) is 0 Å². The summed E-state index contributed by atoms with van der Waals surface area (Å²) in [5.41, 5.74) is 2.23. The quantitative estimate of drug-likeness (QED) is 0.356. The Morgan fingerprint density at radius 1 is 0.632 bits per heavy atom. The van der Waals surface area contributed by atoms with Gasteiger partial charge >= 0.3 is 0 Å². The highest BCUT2D eigenvalue weighted by atomic mass is 35.5. The first-order valence-corrected chi connectivity index (χ1v) is 7.38. The molecule has 0 atom stereocenters. The van der Waals surface area contributed by atoms with Crippen molar-refractivity contribution in [2.24, 2.45) is 0 Å². The highest BCUT2D eigenvalue weighted by Gasteiger charge is 2.20. The highest BCUT2D eigenvalue weighted by Crippen LogP contribution is 2.48. The molecular weight excluding hydrogens is 369 g/mol. The minimum atomic E-state index is 0.140. The van der Waals surface area contributed by atoms with Crippen LogP contribution in [0.25, 0.3) is 11.1 Å². The normalized spacial score (nSPS) is 10.9. The fraction of sp³-hybridized carbons (Fsp3) is 0.0769. The van der Waals surface area contributed by atoms with Crippen LogP contribution in [0.15, 0.2) is 18.2 Å². The van der Waals surface area contributed by atoms with Gasteiger partial charge < -0.3 is 0 Å². The lowest BCUT2D eigenvalue weighted by atomic mass is 10.0. The molecular formula is C13H6Cl6. The van der Waals surface area contributed by atoms with Crippen molar-refractivity contribution >= 4 is 69.6 Å². The van der Waals surface area contributed by atoms with Gasteiger partial charge in [-0.05, 0) is 30.2 Å². The van der Waals surface area contributed by atoms with Crippen LogP contribution in [-0.2, 0) is 0 Å². The molecule has 0 saturated carbocycles. The molecule has 0 aliphatic carbocycles. The molecule has 0 heterocycles. The topological polar surface area (TPSA) is 0 Å². The zero-order chi connectivity index (χ0) is 14.3. The summed E-state index contributed by atoms with van der Waals surface area (Å²) in [4.78, 5) is 0. The average Bonchev–Trinajstić information content (AvgIpc) is 2.33. The van der Waals surface area contributed by atoms with Crippen molar-refractivity contribution in [3.05, 3.63) is 53.9 Å². The Balaban J connectivity index is 2.82. The van der Waals surface area contributed by atoms with Gasteiger partial charge in [0.25, 0.3) is 0 Å². The number of benzene rings is 2. The van der Waals surface area contributed by atoms with Crippen LogP contribution >= 0.6 is 69.6 Å². The fourth-order valence-electron chi connectivity index (χ4n) is 1.74. The van der Waals surface area contributed by atoms with E-state index in [1.165, 1.54) is 0 Å². The fourth-order valence-corrected chi connectivity index (χ4v) is 3.39. The molecule has 6 heteroatoms. The largest absolute Gasteiger partial charge is 0.0843 e. The summed E-state index contributed by atoms with van der Waals surface area (Å²) < 4.78 is 0. The van der Waals surface area contributed by atoms with E-state index in [1.807, 2.05) is 19.1 Å². The Labute approximate surface area is 141 Å². The Morgan fingerprint density at radius 2 is 1.11 bits per heavy atom. The molecule has 0 bridgehead atoms. The Kier molecular flexibility index (Phi) is 4.83. The molecule has 0 radical (unpaired) electrons. The van der Waals surface area contributed by atoms with Crippen molar-refractivity contribution in [1.82, 2.24) is 0 Å². The van der Waals surface area contributed by atoms with Crippen molar-refractivity contribution in [1.29, 1.82) is 0 Å². The maximum absolute atomic E-state index is 6.21. The van der Waals surface area contributed by atoms with Crippen molar-refractivity contribution in [3.8, 4) is 11.1 Å². The van der Waals surface area contributed by atoms with Crippen molar-refractivity contribution < 1.29 is 0 Å². The van der Waals surface area contributed by atoms with E-state index in [4.69, 9.17) is 69.6 Å². The molecule has 0 fully saturated rings. The smallest absolute Gasteiger partial charge is 0.0809 e. The van der Waals surface area contributed by atoms with Gasteiger partial charge in [0.05, 0.1) is 25.1 Å². The van der Waals surface area contributed by atoms with Gasteiger partial charge in [0.1, 0.15) is 0 Å². The third kappa shape index (κ3) is 2.95. The minimum absolute atomic E-state index is 0.140. The van der Waals surface area contributed by atoms with Crippen LogP contribution in [0, 0.1) is 6.92 Å². The van der Waals surface area contributed by atoms with Crippen LogP contribution in [0.1, 0.15) is 5.56 Å². The van der Waals surface area contributed by atoms with Gasteiger partial charge in [-0.25, -0.2) is 0 Å². The van der Waals surface area contributed by atoms with E-state index in [1.54, 1.807) is 6.07 Å². The second-order valence-corrected chi connectivity index (χ2v) is 6.29. The molecule has 0 saturated heterocycles. The molecule has 0 spiro atoms. The summed E-state index contributed by atoms with van der Waals surface area (Å²) in [5, 5.41) is 1.56. The molecule has 19 heavy (non-hydrogen) atoms. The number of aryl methyl sites for hydroxylation is 1. The number of rotatable bonds is 1. The van der Waals surface area contributed by atoms with E-state index in [0.29, 0.717) is 10.6 Å². The van der Waals surface area contributed by atoms with E-state index in [2.05, 4.69) is 0 Å². The zero-order valence-electron chi connectivity index (χ0n) is 9.50. The second kappa shape index (κ2) is 5.89. The van der Waals surface area contributed by atoms with E-state index in [-0.39, 0.29) is 25.1 Å². The monoisotopic (exact) mass is 372 g/mol. The van der Waals surface area contributed by atoms with Crippen molar-refractivity contribution in [3.63, 3.8) is 0 Å². The summed E-state index contributed by atoms with van der Waals surface area (Å²) in [5.74, 6) is 0. The molecule has 0 aromatic heterocycles. The molecule has 0 aliphatic heterocycles. The van der Waals surface area contributed by atoms with Crippen LogP contribution in [-0.4, -0.2) is 0 Å². The first-order chi connectivity index (χ1) is 8.82. The first kappa shape index (κ1) is 15.6. The standard InChI is InChI=1S/C13H6Cl6/c1-5-2-6(4-7(14)3-5)8-9(15)11(17)13(19)12(18)10(8)16/h2-4H,1H3. The number of hydrogen-bond donors (Lipinski definition) is 0. The van der Waals surface area contributed by atoms with Crippen molar-refractivity contribution in [2.75, 3.05) is 0 Å². The molecule has 0 N–H and O–H groups in total. The maximum Gasteiger partial charge on any atom is 0.0809 e. The van der Waals surface area contributed by atoms with Gasteiger partial charge in [-0.2, -0.15) is 0 Å². The van der Waals surface area contributed by atoms with Gasteiger partial charge in [0.2, 0.25) is 0 Å². The lowest BCUT2D eigenvalue weighted by molar-refractivity contribution is 1.47. The summed E-state index contributed by atoms with van der Waals surface area (Å²) in [6.07, 6.45) is 0. The van der Waals surface area contributed by atoms with Crippen LogP contribution < -0.4 is 0 Å². The number of hydrogen-bond acceptors (Lipinski definition) is 0. The van der Waals surface area contributed by atoms with E-state index < -0.39 is 0 Å². The first-order valence-electron chi connectivity index (χ1n) is 5.12. The van der Waals surface area contributed by atoms with E-state index in [9.17, 15) is 0 Å².